The molecule has 0 aliphatic carbocycles. The predicted octanol–water partition coefficient (Wildman–Crippen LogP) is 4.66. The molecular formula is C24H24FN3O3S. The number of amides is 2. The van der Waals surface area contributed by atoms with Crippen LogP contribution in [0.15, 0.2) is 53.9 Å². The number of nitrogens with zero attached hydrogens (tertiary/aromatic N) is 2. The van der Waals surface area contributed by atoms with Crippen LogP contribution in [0.3, 0.4) is 0 Å². The smallest absolute Gasteiger partial charge is 0.278 e. The van der Waals surface area contributed by atoms with Crippen molar-refractivity contribution in [3.63, 3.8) is 0 Å². The molecule has 4 rings (SSSR count). The van der Waals surface area contributed by atoms with Gasteiger partial charge in [0.2, 0.25) is 0 Å². The molecule has 0 spiro atoms. The number of anilines is 1. The second kappa shape index (κ2) is 9.48. The summed E-state index contributed by atoms with van der Waals surface area (Å²) in [6.45, 7) is 4.09. The van der Waals surface area contributed by atoms with E-state index in [4.69, 9.17) is 4.74 Å². The average Bonchev–Trinajstić information content (AvgIpc) is 3.31. The van der Waals surface area contributed by atoms with Crippen molar-refractivity contribution in [2.75, 3.05) is 11.4 Å². The highest BCUT2D eigenvalue weighted by molar-refractivity contribution is 7.13. The summed E-state index contributed by atoms with van der Waals surface area (Å²) in [5.41, 5.74) is 1.12. The maximum atomic E-state index is 14.2. The summed E-state index contributed by atoms with van der Waals surface area (Å²) in [6, 6.07) is 13.5. The molecule has 1 N–H and O–H groups in total. The summed E-state index contributed by atoms with van der Waals surface area (Å²) in [5, 5.41) is 5.03. The third kappa shape index (κ3) is 4.36. The molecule has 32 heavy (non-hydrogen) atoms. The number of carbonyl (C=O) groups is 2. The third-order valence-electron chi connectivity index (χ3n) is 5.47. The SMILES string of the molecule is CCC(CC)NC(=O)C1CN(C(=O)c2csc(-c3ccccc3F)n2)c2ccccc2O1. The molecule has 6 nitrogen and oxygen atoms in total. The highest BCUT2D eigenvalue weighted by Gasteiger charge is 2.35. The first kappa shape index (κ1) is 22.0. The van der Waals surface area contributed by atoms with Gasteiger partial charge in [0.15, 0.2) is 6.10 Å². The van der Waals surface area contributed by atoms with Gasteiger partial charge < -0.3 is 10.1 Å². The molecule has 2 amide bonds. The predicted molar refractivity (Wildman–Crippen MR) is 123 cm³/mol. The largest absolute Gasteiger partial charge is 0.477 e. The minimum absolute atomic E-state index is 0.0503. The van der Waals surface area contributed by atoms with Crippen molar-refractivity contribution < 1.29 is 18.7 Å². The van der Waals surface area contributed by atoms with Crippen molar-refractivity contribution in [2.24, 2.45) is 0 Å². The molecule has 1 unspecified atom stereocenters. The third-order valence-corrected chi connectivity index (χ3v) is 6.35. The molecular weight excluding hydrogens is 429 g/mol. The zero-order valence-electron chi connectivity index (χ0n) is 17.9. The van der Waals surface area contributed by atoms with E-state index in [2.05, 4.69) is 10.3 Å². The fourth-order valence-corrected chi connectivity index (χ4v) is 4.44. The number of carbonyl (C=O) groups excluding carboxylic acids is 2. The standard InChI is InChI=1S/C24H24FN3O3S/c1-3-15(4-2)26-22(29)21-13-28(19-11-7-8-12-20(19)31-21)24(30)18-14-32-23(27-18)16-9-5-6-10-17(16)25/h5-12,14-15,21H,3-4,13H2,1-2H3,(H,26,29). The van der Waals surface area contributed by atoms with Gasteiger partial charge in [-0.15, -0.1) is 11.3 Å². The van der Waals surface area contributed by atoms with E-state index in [-0.39, 0.29) is 30.1 Å². The second-order valence-corrected chi connectivity index (χ2v) is 8.39. The fourth-order valence-electron chi connectivity index (χ4n) is 3.62. The van der Waals surface area contributed by atoms with Crippen LogP contribution in [-0.4, -0.2) is 35.5 Å². The van der Waals surface area contributed by atoms with Crippen molar-refractivity contribution in [2.45, 2.75) is 38.8 Å². The first-order chi connectivity index (χ1) is 15.5. The maximum Gasteiger partial charge on any atom is 0.278 e. The lowest BCUT2D eigenvalue weighted by Crippen LogP contribution is -2.52. The summed E-state index contributed by atoms with van der Waals surface area (Å²) in [6.07, 6.45) is 0.789. The van der Waals surface area contributed by atoms with Gasteiger partial charge in [0.1, 0.15) is 22.3 Å². The number of rotatable bonds is 6. The molecule has 2 heterocycles. The summed E-state index contributed by atoms with van der Waals surface area (Å²) < 4.78 is 20.1. The normalized spacial score (nSPS) is 15.2. The number of fused-ring (bicyclic) bond motifs is 1. The lowest BCUT2D eigenvalue weighted by molar-refractivity contribution is -0.128. The molecule has 0 radical (unpaired) electrons. The van der Waals surface area contributed by atoms with Gasteiger partial charge in [-0.3, -0.25) is 14.5 Å². The van der Waals surface area contributed by atoms with Crippen LogP contribution in [0.25, 0.3) is 10.6 Å². The van der Waals surface area contributed by atoms with Crippen LogP contribution in [0.5, 0.6) is 5.75 Å². The molecule has 1 aromatic heterocycles. The number of thiazole rings is 1. The molecule has 1 aliphatic heterocycles. The van der Waals surface area contributed by atoms with Crippen molar-refractivity contribution in [1.29, 1.82) is 0 Å². The van der Waals surface area contributed by atoms with Gasteiger partial charge in [0, 0.05) is 17.0 Å². The Hall–Kier alpha value is -3.26. The zero-order chi connectivity index (χ0) is 22.7. The first-order valence-corrected chi connectivity index (χ1v) is 11.5. The first-order valence-electron chi connectivity index (χ1n) is 10.6. The van der Waals surface area contributed by atoms with Crippen LogP contribution in [0.2, 0.25) is 0 Å². The van der Waals surface area contributed by atoms with Crippen LogP contribution in [0.4, 0.5) is 10.1 Å². The van der Waals surface area contributed by atoms with Crippen LogP contribution in [-0.2, 0) is 4.79 Å². The molecule has 0 fully saturated rings. The van der Waals surface area contributed by atoms with Gasteiger partial charge in [-0.05, 0) is 37.1 Å². The van der Waals surface area contributed by atoms with E-state index in [0.717, 1.165) is 12.8 Å². The average molecular weight is 454 g/mol. The van der Waals surface area contributed by atoms with E-state index in [0.29, 0.717) is 22.0 Å². The van der Waals surface area contributed by atoms with Crippen molar-refractivity contribution in [1.82, 2.24) is 10.3 Å². The van der Waals surface area contributed by atoms with Crippen molar-refractivity contribution in [3.05, 3.63) is 65.4 Å². The molecule has 1 aliphatic rings. The van der Waals surface area contributed by atoms with E-state index < -0.39 is 11.9 Å². The maximum absolute atomic E-state index is 14.2. The minimum atomic E-state index is -0.834. The molecule has 8 heteroatoms. The number of aromatic nitrogens is 1. The Morgan fingerprint density at radius 3 is 2.66 bits per heavy atom. The lowest BCUT2D eigenvalue weighted by atomic mass is 10.1. The number of hydrogen-bond acceptors (Lipinski definition) is 5. The monoisotopic (exact) mass is 453 g/mol. The Morgan fingerprint density at radius 1 is 1.19 bits per heavy atom. The highest BCUT2D eigenvalue weighted by atomic mass is 32.1. The fraction of sp³-hybridized carbons (Fsp3) is 0.292. The van der Waals surface area contributed by atoms with E-state index in [1.807, 2.05) is 13.8 Å². The van der Waals surface area contributed by atoms with Crippen LogP contribution in [0.1, 0.15) is 37.2 Å². The van der Waals surface area contributed by atoms with E-state index in [1.54, 1.807) is 47.8 Å². The number of nitrogens with one attached hydrogen (secondary N) is 1. The Balaban J connectivity index is 1.61. The minimum Gasteiger partial charge on any atom is -0.477 e. The summed E-state index contributed by atoms with van der Waals surface area (Å²) in [4.78, 5) is 32.1. The van der Waals surface area contributed by atoms with Gasteiger partial charge in [-0.1, -0.05) is 38.1 Å². The topological polar surface area (TPSA) is 71.5 Å². The Morgan fingerprint density at radius 2 is 1.91 bits per heavy atom. The number of hydrogen-bond donors (Lipinski definition) is 1. The summed E-state index contributed by atoms with van der Waals surface area (Å²) >= 11 is 1.20. The zero-order valence-corrected chi connectivity index (χ0v) is 18.7. The molecule has 0 saturated carbocycles. The Labute approximate surface area is 190 Å². The quantitative estimate of drug-likeness (QED) is 0.589. The molecule has 3 aromatic rings. The summed E-state index contributed by atoms with van der Waals surface area (Å²) in [7, 11) is 0. The molecule has 2 aromatic carbocycles. The number of halogens is 1. The second-order valence-electron chi connectivity index (χ2n) is 7.53. The van der Waals surface area contributed by atoms with Crippen LogP contribution < -0.4 is 15.0 Å². The van der Waals surface area contributed by atoms with Crippen LogP contribution >= 0.6 is 11.3 Å². The number of benzene rings is 2. The van der Waals surface area contributed by atoms with Gasteiger partial charge in [0.25, 0.3) is 11.8 Å². The lowest BCUT2D eigenvalue weighted by Gasteiger charge is -2.34. The van der Waals surface area contributed by atoms with Gasteiger partial charge in [-0.25, -0.2) is 9.37 Å². The Bertz CT molecular complexity index is 1130. The van der Waals surface area contributed by atoms with E-state index in [9.17, 15) is 14.0 Å². The highest BCUT2D eigenvalue weighted by Crippen LogP contribution is 2.35. The summed E-state index contributed by atoms with van der Waals surface area (Å²) in [5.74, 6) is -0.548. The van der Waals surface area contributed by atoms with E-state index >= 15 is 0 Å². The Kier molecular flexibility index (Phi) is 6.50. The van der Waals surface area contributed by atoms with Gasteiger partial charge >= 0.3 is 0 Å². The molecule has 1 atom stereocenters. The van der Waals surface area contributed by atoms with E-state index in [1.165, 1.54) is 22.3 Å². The van der Waals surface area contributed by atoms with Gasteiger partial charge in [-0.2, -0.15) is 0 Å². The van der Waals surface area contributed by atoms with Crippen molar-refractivity contribution >= 4 is 28.8 Å². The van der Waals surface area contributed by atoms with Gasteiger partial charge in [0.05, 0.1) is 12.2 Å². The molecule has 0 saturated heterocycles. The number of ether oxygens (including phenoxy) is 1. The van der Waals surface area contributed by atoms with Crippen molar-refractivity contribution in [3.8, 4) is 16.3 Å². The molecule has 166 valence electrons. The number of para-hydroxylation sites is 2. The van der Waals surface area contributed by atoms with Crippen LogP contribution in [0, 0.1) is 5.82 Å². The molecule has 0 bridgehead atoms.